The van der Waals surface area contributed by atoms with Gasteiger partial charge in [-0.15, -0.1) is 0 Å². The molecule has 0 atom stereocenters. The second-order valence-corrected chi connectivity index (χ2v) is 3.99. The summed E-state index contributed by atoms with van der Waals surface area (Å²) in [6, 6.07) is 10.4. The predicted molar refractivity (Wildman–Crippen MR) is 68.2 cm³/mol. The molecule has 0 unspecified atom stereocenters. The molecule has 0 aliphatic carbocycles. The largest absolute Gasteiger partial charge is 0.384 e. The van der Waals surface area contributed by atoms with Gasteiger partial charge >= 0.3 is 0 Å². The van der Waals surface area contributed by atoms with Crippen molar-refractivity contribution < 1.29 is 0 Å². The average molecular weight is 212 g/mol. The fourth-order valence-corrected chi connectivity index (χ4v) is 1.88. The maximum atomic E-state index is 5.70. The Morgan fingerprint density at radius 1 is 1.25 bits per heavy atom. The Morgan fingerprint density at radius 2 is 2.06 bits per heavy atom. The smallest absolute Gasteiger partial charge is 0.123 e. The minimum Gasteiger partial charge on any atom is -0.384 e. The van der Waals surface area contributed by atoms with E-state index in [2.05, 4.69) is 43.1 Å². The van der Waals surface area contributed by atoms with Crippen molar-refractivity contribution in [3.05, 3.63) is 47.7 Å². The highest BCUT2D eigenvalue weighted by molar-refractivity contribution is 5.68. The monoisotopic (exact) mass is 212 g/mol. The van der Waals surface area contributed by atoms with Gasteiger partial charge in [-0.25, -0.2) is 4.98 Å². The number of hydrogen-bond acceptors (Lipinski definition) is 2. The molecule has 1 heterocycles. The molecule has 0 aliphatic heterocycles. The quantitative estimate of drug-likeness (QED) is 0.830. The normalized spacial score (nSPS) is 10.4. The molecule has 0 saturated heterocycles. The van der Waals surface area contributed by atoms with Crippen LogP contribution in [-0.4, -0.2) is 4.98 Å². The van der Waals surface area contributed by atoms with Crippen LogP contribution in [-0.2, 0) is 6.42 Å². The highest BCUT2D eigenvalue weighted by Gasteiger charge is 2.05. The average Bonchev–Trinajstić information content (AvgIpc) is 2.28. The van der Waals surface area contributed by atoms with Gasteiger partial charge < -0.3 is 5.73 Å². The van der Waals surface area contributed by atoms with Crippen molar-refractivity contribution >= 4 is 5.82 Å². The molecule has 16 heavy (non-hydrogen) atoms. The van der Waals surface area contributed by atoms with E-state index in [9.17, 15) is 0 Å². The molecule has 2 rings (SSSR count). The van der Waals surface area contributed by atoms with Crippen molar-refractivity contribution in [1.29, 1.82) is 0 Å². The van der Waals surface area contributed by atoms with E-state index in [1.165, 1.54) is 22.3 Å². The topological polar surface area (TPSA) is 38.9 Å². The van der Waals surface area contributed by atoms with Crippen LogP contribution in [0.3, 0.4) is 0 Å². The Labute approximate surface area is 96.1 Å². The van der Waals surface area contributed by atoms with Gasteiger partial charge in [0, 0.05) is 11.8 Å². The highest BCUT2D eigenvalue weighted by atomic mass is 14.8. The summed E-state index contributed by atoms with van der Waals surface area (Å²) in [6.07, 6.45) is 2.83. The van der Waals surface area contributed by atoms with Crippen LogP contribution in [0.4, 0.5) is 5.82 Å². The SMILES string of the molecule is CCc1cc(N)ncc1-c1cccc(C)c1. The van der Waals surface area contributed by atoms with Gasteiger partial charge in [0.05, 0.1) is 0 Å². The molecule has 2 aromatic rings. The minimum absolute atomic E-state index is 0.591. The van der Waals surface area contributed by atoms with Crippen molar-refractivity contribution in [2.24, 2.45) is 0 Å². The Balaban J connectivity index is 2.55. The first-order valence-electron chi connectivity index (χ1n) is 5.52. The third-order valence-electron chi connectivity index (χ3n) is 2.72. The first kappa shape index (κ1) is 10.7. The fraction of sp³-hybridized carbons (Fsp3) is 0.214. The molecule has 1 aromatic carbocycles. The molecule has 0 spiro atoms. The maximum Gasteiger partial charge on any atom is 0.123 e. The van der Waals surface area contributed by atoms with Crippen molar-refractivity contribution in [3.63, 3.8) is 0 Å². The second-order valence-electron chi connectivity index (χ2n) is 3.99. The first-order chi connectivity index (χ1) is 7.70. The van der Waals surface area contributed by atoms with Crippen LogP contribution in [0, 0.1) is 6.92 Å². The molecule has 0 fully saturated rings. The lowest BCUT2D eigenvalue weighted by molar-refractivity contribution is 1.12. The zero-order valence-electron chi connectivity index (χ0n) is 9.70. The molecule has 0 bridgehead atoms. The van der Waals surface area contributed by atoms with Gasteiger partial charge in [-0.1, -0.05) is 36.8 Å². The molecule has 82 valence electrons. The molecule has 0 amide bonds. The van der Waals surface area contributed by atoms with Crippen LogP contribution in [0.15, 0.2) is 36.5 Å². The summed E-state index contributed by atoms with van der Waals surface area (Å²) < 4.78 is 0. The lowest BCUT2D eigenvalue weighted by Gasteiger charge is -2.09. The third kappa shape index (κ3) is 2.06. The lowest BCUT2D eigenvalue weighted by Crippen LogP contribution is -1.95. The van der Waals surface area contributed by atoms with Crippen LogP contribution < -0.4 is 5.73 Å². The van der Waals surface area contributed by atoms with E-state index < -0.39 is 0 Å². The molecule has 0 aliphatic rings. The summed E-state index contributed by atoms with van der Waals surface area (Å²) in [4.78, 5) is 4.17. The summed E-state index contributed by atoms with van der Waals surface area (Å²) in [5, 5.41) is 0. The summed E-state index contributed by atoms with van der Waals surface area (Å²) in [6.45, 7) is 4.23. The Bertz CT molecular complexity index is 504. The van der Waals surface area contributed by atoms with Crippen LogP contribution in [0.1, 0.15) is 18.1 Å². The zero-order valence-corrected chi connectivity index (χ0v) is 9.70. The summed E-state index contributed by atoms with van der Waals surface area (Å²) in [5.41, 5.74) is 10.6. The van der Waals surface area contributed by atoms with Crippen LogP contribution in [0.5, 0.6) is 0 Å². The number of rotatable bonds is 2. The van der Waals surface area contributed by atoms with Crippen LogP contribution >= 0.6 is 0 Å². The number of hydrogen-bond donors (Lipinski definition) is 1. The number of nitrogens with two attached hydrogens (primary N) is 1. The molecule has 0 saturated carbocycles. The molecular formula is C14H16N2. The highest BCUT2D eigenvalue weighted by Crippen LogP contribution is 2.25. The Morgan fingerprint density at radius 3 is 2.75 bits per heavy atom. The standard InChI is InChI=1S/C14H16N2/c1-3-11-8-14(15)16-9-13(11)12-6-4-5-10(2)7-12/h4-9H,3H2,1-2H3,(H2,15,16). The Hall–Kier alpha value is -1.83. The lowest BCUT2D eigenvalue weighted by atomic mass is 9.99. The number of pyridine rings is 1. The first-order valence-corrected chi connectivity index (χ1v) is 5.52. The molecule has 0 radical (unpaired) electrons. The number of nitrogens with zero attached hydrogens (tertiary/aromatic N) is 1. The van der Waals surface area contributed by atoms with Gasteiger partial charge in [0.25, 0.3) is 0 Å². The van der Waals surface area contributed by atoms with E-state index in [0.29, 0.717) is 5.82 Å². The van der Waals surface area contributed by atoms with Crippen LogP contribution in [0.25, 0.3) is 11.1 Å². The fourth-order valence-electron chi connectivity index (χ4n) is 1.88. The van der Waals surface area contributed by atoms with Gasteiger partial charge in [-0.2, -0.15) is 0 Å². The molecule has 1 aromatic heterocycles. The summed E-state index contributed by atoms with van der Waals surface area (Å²) in [7, 11) is 0. The van der Waals surface area contributed by atoms with Crippen molar-refractivity contribution in [3.8, 4) is 11.1 Å². The van der Waals surface area contributed by atoms with Crippen molar-refractivity contribution in [1.82, 2.24) is 4.98 Å². The summed E-state index contributed by atoms with van der Waals surface area (Å²) in [5.74, 6) is 0.591. The van der Waals surface area contributed by atoms with E-state index in [1.807, 2.05) is 12.3 Å². The van der Waals surface area contributed by atoms with E-state index in [-0.39, 0.29) is 0 Å². The number of aromatic nitrogens is 1. The Kier molecular flexibility index (Phi) is 2.91. The molecule has 2 N–H and O–H groups in total. The van der Waals surface area contributed by atoms with E-state index in [1.54, 1.807) is 0 Å². The van der Waals surface area contributed by atoms with Gasteiger partial charge in [0.15, 0.2) is 0 Å². The van der Waals surface area contributed by atoms with E-state index in [4.69, 9.17) is 5.73 Å². The zero-order chi connectivity index (χ0) is 11.5. The number of aryl methyl sites for hydroxylation is 2. The van der Waals surface area contributed by atoms with Gasteiger partial charge in [0.1, 0.15) is 5.82 Å². The number of nitrogen functional groups attached to an aromatic ring is 1. The van der Waals surface area contributed by atoms with Gasteiger partial charge in [-0.05, 0) is 30.5 Å². The summed E-state index contributed by atoms with van der Waals surface area (Å²) >= 11 is 0. The molecular weight excluding hydrogens is 196 g/mol. The second kappa shape index (κ2) is 4.35. The number of benzene rings is 1. The third-order valence-corrected chi connectivity index (χ3v) is 2.72. The van der Waals surface area contributed by atoms with Crippen LogP contribution in [0.2, 0.25) is 0 Å². The van der Waals surface area contributed by atoms with E-state index in [0.717, 1.165) is 6.42 Å². The molecule has 2 nitrogen and oxygen atoms in total. The van der Waals surface area contributed by atoms with Crippen molar-refractivity contribution in [2.45, 2.75) is 20.3 Å². The van der Waals surface area contributed by atoms with E-state index >= 15 is 0 Å². The minimum atomic E-state index is 0.591. The predicted octanol–water partition coefficient (Wildman–Crippen LogP) is 3.20. The molecule has 2 heteroatoms. The van der Waals surface area contributed by atoms with Gasteiger partial charge in [0.2, 0.25) is 0 Å². The van der Waals surface area contributed by atoms with Crippen molar-refractivity contribution in [2.75, 3.05) is 5.73 Å². The number of anilines is 1. The maximum absolute atomic E-state index is 5.70. The van der Waals surface area contributed by atoms with Gasteiger partial charge in [-0.3, -0.25) is 0 Å².